The number of hydrogen-bond donors (Lipinski definition) is 1. The Labute approximate surface area is 127 Å². The van der Waals surface area contributed by atoms with Crippen molar-refractivity contribution in [1.82, 2.24) is 5.32 Å². The first-order valence-electron chi connectivity index (χ1n) is 6.60. The molecule has 1 heterocycles. The molecule has 1 atom stereocenters. The molecule has 1 aliphatic heterocycles. The summed E-state index contributed by atoms with van der Waals surface area (Å²) in [6.45, 7) is 3.24. The highest BCUT2D eigenvalue weighted by molar-refractivity contribution is 9.10. The molecule has 3 rings (SSSR count). The summed E-state index contributed by atoms with van der Waals surface area (Å²) in [5.41, 5.74) is 2.45. The van der Waals surface area contributed by atoms with Crippen LogP contribution in [0.1, 0.15) is 24.1 Å². The summed E-state index contributed by atoms with van der Waals surface area (Å²) < 4.78 is 11.8. The van der Waals surface area contributed by atoms with Gasteiger partial charge in [-0.25, -0.2) is 0 Å². The van der Waals surface area contributed by atoms with Crippen molar-refractivity contribution < 1.29 is 9.47 Å². The molecule has 1 aliphatic rings. The second-order valence-corrected chi connectivity index (χ2v) is 5.68. The van der Waals surface area contributed by atoms with Gasteiger partial charge in [0.15, 0.2) is 11.5 Å². The van der Waals surface area contributed by atoms with Gasteiger partial charge in [-0.3, -0.25) is 0 Å². The van der Waals surface area contributed by atoms with Crippen LogP contribution in [0.3, 0.4) is 0 Å². The molecule has 0 unspecified atom stereocenters. The average Bonchev–Trinajstić information content (AvgIpc) is 2.94. The van der Waals surface area contributed by atoms with Gasteiger partial charge in [-0.05, 0) is 46.1 Å². The average molecular weight is 334 g/mol. The van der Waals surface area contributed by atoms with Crippen LogP contribution in [0.2, 0.25) is 0 Å². The summed E-state index contributed by atoms with van der Waals surface area (Å²) in [6.07, 6.45) is 0. The van der Waals surface area contributed by atoms with Crippen molar-refractivity contribution >= 4 is 15.9 Å². The third kappa shape index (κ3) is 2.81. The first-order valence-corrected chi connectivity index (χ1v) is 7.39. The number of rotatable bonds is 4. The van der Waals surface area contributed by atoms with E-state index in [0.29, 0.717) is 12.8 Å². The van der Waals surface area contributed by atoms with Crippen molar-refractivity contribution in [2.75, 3.05) is 6.79 Å². The minimum absolute atomic E-state index is 0.297. The second-order valence-electron chi connectivity index (χ2n) is 4.82. The molecular weight excluding hydrogens is 318 g/mol. The van der Waals surface area contributed by atoms with Crippen LogP contribution in [0.15, 0.2) is 46.9 Å². The van der Waals surface area contributed by atoms with Crippen LogP contribution in [0.5, 0.6) is 11.5 Å². The van der Waals surface area contributed by atoms with Gasteiger partial charge >= 0.3 is 0 Å². The minimum Gasteiger partial charge on any atom is -0.454 e. The maximum Gasteiger partial charge on any atom is 0.231 e. The summed E-state index contributed by atoms with van der Waals surface area (Å²) in [6, 6.07) is 14.8. The third-order valence-electron chi connectivity index (χ3n) is 3.40. The van der Waals surface area contributed by atoms with Crippen molar-refractivity contribution in [3.05, 3.63) is 58.1 Å². The van der Waals surface area contributed by atoms with Crippen LogP contribution in [0.4, 0.5) is 0 Å². The molecule has 20 heavy (non-hydrogen) atoms. The van der Waals surface area contributed by atoms with E-state index in [-0.39, 0.29) is 0 Å². The fourth-order valence-electron chi connectivity index (χ4n) is 2.25. The number of nitrogens with one attached hydrogen (secondary N) is 1. The summed E-state index contributed by atoms with van der Waals surface area (Å²) in [7, 11) is 0. The third-order valence-corrected chi connectivity index (χ3v) is 3.99. The Morgan fingerprint density at radius 2 is 2.00 bits per heavy atom. The summed E-state index contributed by atoms with van der Waals surface area (Å²) in [5, 5.41) is 3.52. The van der Waals surface area contributed by atoms with Crippen molar-refractivity contribution in [3.8, 4) is 11.5 Å². The number of hydrogen-bond acceptors (Lipinski definition) is 3. The SMILES string of the molecule is C[C@H](NCc1cc(Br)c2c(c1)OCO2)c1ccccc1. The highest BCUT2D eigenvalue weighted by atomic mass is 79.9. The fraction of sp³-hybridized carbons (Fsp3) is 0.250. The number of ether oxygens (including phenoxy) is 2. The van der Waals surface area contributed by atoms with Gasteiger partial charge in [-0.1, -0.05) is 30.3 Å². The Kier molecular flexibility index (Phi) is 3.94. The molecule has 104 valence electrons. The quantitative estimate of drug-likeness (QED) is 0.916. The van der Waals surface area contributed by atoms with Crippen LogP contribution < -0.4 is 14.8 Å². The van der Waals surface area contributed by atoms with Crippen LogP contribution in [0.25, 0.3) is 0 Å². The van der Waals surface area contributed by atoms with E-state index in [1.165, 1.54) is 11.1 Å². The lowest BCUT2D eigenvalue weighted by Crippen LogP contribution is -2.17. The normalized spacial score (nSPS) is 14.3. The predicted octanol–water partition coefficient (Wildman–Crippen LogP) is 4.03. The van der Waals surface area contributed by atoms with Crippen molar-refractivity contribution in [2.45, 2.75) is 19.5 Å². The predicted molar refractivity (Wildman–Crippen MR) is 82.0 cm³/mol. The van der Waals surface area contributed by atoms with Gasteiger partial charge in [-0.15, -0.1) is 0 Å². The summed E-state index contributed by atoms with van der Waals surface area (Å²) in [5.74, 6) is 1.60. The van der Waals surface area contributed by atoms with Gasteiger partial charge in [0.2, 0.25) is 6.79 Å². The van der Waals surface area contributed by atoms with Gasteiger partial charge in [0.1, 0.15) is 0 Å². The number of benzene rings is 2. The standard InChI is InChI=1S/C16H16BrNO2/c1-11(13-5-3-2-4-6-13)18-9-12-7-14(17)16-15(8-12)19-10-20-16/h2-8,11,18H,9-10H2,1H3/t11-/m0/s1. The Morgan fingerprint density at radius 1 is 1.20 bits per heavy atom. The zero-order valence-corrected chi connectivity index (χ0v) is 12.8. The smallest absolute Gasteiger partial charge is 0.231 e. The lowest BCUT2D eigenvalue weighted by molar-refractivity contribution is 0.173. The molecule has 0 bridgehead atoms. The molecule has 1 N–H and O–H groups in total. The Bertz CT molecular complexity index is 601. The van der Waals surface area contributed by atoms with Gasteiger partial charge < -0.3 is 14.8 Å². The molecule has 0 spiro atoms. The topological polar surface area (TPSA) is 30.5 Å². The first-order chi connectivity index (χ1) is 9.74. The van der Waals surface area contributed by atoms with E-state index in [9.17, 15) is 0 Å². The largest absolute Gasteiger partial charge is 0.454 e. The lowest BCUT2D eigenvalue weighted by Gasteiger charge is -2.14. The summed E-state index contributed by atoms with van der Waals surface area (Å²) in [4.78, 5) is 0. The monoisotopic (exact) mass is 333 g/mol. The van der Waals surface area contributed by atoms with E-state index in [1.807, 2.05) is 12.1 Å². The van der Waals surface area contributed by atoms with E-state index in [0.717, 1.165) is 22.5 Å². The van der Waals surface area contributed by atoms with E-state index in [1.54, 1.807) is 0 Å². The maximum atomic E-state index is 5.43. The Balaban J connectivity index is 1.68. The molecule has 0 fully saturated rings. The lowest BCUT2D eigenvalue weighted by atomic mass is 10.1. The van der Waals surface area contributed by atoms with Crippen LogP contribution in [0, 0.1) is 0 Å². The molecule has 2 aromatic carbocycles. The zero-order valence-electron chi connectivity index (χ0n) is 11.2. The highest BCUT2D eigenvalue weighted by Crippen LogP contribution is 2.40. The van der Waals surface area contributed by atoms with Gasteiger partial charge in [0, 0.05) is 12.6 Å². The van der Waals surface area contributed by atoms with E-state index in [4.69, 9.17) is 9.47 Å². The van der Waals surface area contributed by atoms with Crippen molar-refractivity contribution in [1.29, 1.82) is 0 Å². The molecule has 0 saturated heterocycles. The molecule has 0 radical (unpaired) electrons. The van der Waals surface area contributed by atoms with Crippen LogP contribution in [-0.4, -0.2) is 6.79 Å². The molecular formula is C16H16BrNO2. The van der Waals surface area contributed by atoms with Gasteiger partial charge in [0.25, 0.3) is 0 Å². The molecule has 0 aromatic heterocycles. The van der Waals surface area contributed by atoms with Crippen LogP contribution >= 0.6 is 15.9 Å². The molecule has 3 nitrogen and oxygen atoms in total. The highest BCUT2D eigenvalue weighted by Gasteiger charge is 2.18. The van der Waals surface area contributed by atoms with Crippen LogP contribution in [-0.2, 0) is 6.54 Å². The second kappa shape index (κ2) is 5.85. The van der Waals surface area contributed by atoms with Gasteiger partial charge in [0.05, 0.1) is 4.47 Å². The Hall–Kier alpha value is -1.52. The van der Waals surface area contributed by atoms with E-state index in [2.05, 4.69) is 58.5 Å². The summed E-state index contributed by atoms with van der Waals surface area (Å²) >= 11 is 3.52. The fourth-order valence-corrected chi connectivity index (χ4v) is 2.86. The minimum atomic E-state index is 0.297. The van der Waals surface area contributed by atoms with Crippen molar-refractivity contribution in [3.63, 3.8) is 0 Å². The molecule has 0 saturated carbocycles. The van der Waals surface area contributed by atoms with Crippen molar-refractivity contribution in [2.24, 2.45) is 0 Å². The maximum absolute atomic E-state index is 5.43. The van der Waals surface area contributed by atoms with E-state index >= 15 is 0 Å². The number of fused-ring (bicyclic) bond motifs is 1. The molecule has 0 amide bonds. The first kappa shape index (κ1) is 13.5. The molecule has 0 aliphatic carbocycles. The van der Waals surface area contributed by atoms with E-state index < -0.39 is 0 Å². The molecule has 4 heteroatoms. The number of halogens is 1. The Morgan fingerprint density at radius 3 is 2.80 bits per heavy atom. The van der Waals surface area contributed by atoms with Gasteiger partial charge in [-0.2, -0.15) is 0 Å². The molecule has 2 aromatic rings. The zero-order chi connectivity index (χ0) is 13.9.